The van der Waals surface area contributed by atoms with E-state index in [0.29, 0.717) is 18.3 Å². The normalized spacial score (nSPS) is 13.9. The van der Waals surface area contributed by atoms with Crippen molar-refractivity contribution in [3.8, 4) is 5.69 Å². The first-order valence-corrected chi connectivity index (χ1v) is 18.1. The predicted octanol–water partition coefficient (Wildman–Crippen LogP) is 12.0. The van der Waals surface area contributed by atoms with Crippen LogP contribution >= 0.6 is 0 Å². The quantitative estimate of drug-likeness (QED) is 0.128. The molecule has 5 nitrogen and oxygen atoms in total. The van der Waals surface area contributed by atoms with Crippen LogP contribution < -0.4 is 0 Å². The molecule has 2 aromatic heterocycles. The summed E-state index contributed by atoms with van der Waals surface area (Å²) in [5, 5.41) is 9.84. The summed E-state index contributed by atoms with van der Waals surface area (Å²) in [5.74, 6) is 1.25. The summed E-state index contributed by atoms with van der Waals surface area (Å²) in [6.07, 6.45) is 8.23. The summed E-state index contributed by atoms with van der Waals surface area (Å²) in [6.45, 7) is 4.27. The average molecular weight is 682 g/mol. The van der Waals surface area contributed by atoms with Gasteiger partial charge in [-0.3, -0.25) is 0 Å². The first kappa shape index (κ1) is 30.9. The summed E-state index contributed by atoms with van der Waals surface area (Å²) in [4.78, 5) is 14.8. The zero-order valence-corrected chi connectivity index (χ0v) is 29.2. The van der Waals surface area contributed by atoms with Gasteiger partial charge in [-0.2, -0.15) is 0 Å². The minimum absolute atomic E-state index is 0.390. The van der Waals surface area contributed by atoms with E-state index in [1.54, 1.807) is 0 Å². The van der Waals surface area contributed by atoms with E-state index in [1.165, 1.54) is 54.1 Å². The molecule has 0 aliphatic heterocycles. The van der Waals surface area contributed by atoms with Crippen LogP contribution in [0.4, 0.5) is 0 Å². The lowest BCUT2D eigenvalue weighted by Crippen LogP contribution is -2.09. The van der Waals surface area contributed by atoms with E-state index >= 15 is 0 Å². The highest BCUT2D eigenvalue weighted by Crippen LogP contribution is 2.44. The van der Waals surface area contributed by atoms with Crippen LogP contribution in [0.1, 0.15) is 18.4 Å². The lowest BCUT2D eigenvalue weighted by Gasteiger charge is -2.12. The second-order valence-electron chi connectivity index (χ2n) is 13.6. The number of hydrogen-bond donors (Lipinski definition) is 0. The van der Waals surface area contributed by atoms with Crippen molar-refractivity contribution >= 4 is 83.5 Å². The number of fused-ring (bicyclic) bond motifs is 10. The van der Waals surface area contributed by atoms with Crippen molar-refractivity contribution in [2.24, 2.45) is 15.0 Å². The Balaban J connectivity index is 1.30. The number of aromatic nitrogens is 2. The number of amidine groups is 2. The molecule has 2 heterocycles. The summed E-state index contributed by atoms with van der Waals surface area (Å²) < 4.78 is 4.79. The average Bonchev–Trinajstić information content (AvgIpc) is 3.73. The Morgan fingerprint density at radius 3 is 2.02 bits per heavy atom. The SMILES string of the molecule is C=N/C(=N\C(=N/Cn1c2cc3ccccc3cc2c2c3c4c5ccccc5ccc4n(-c4ccccc4)c3ccc21)C1=CC=CCC1)c1ccccc1. The topological polar surface area (TPSA) is 46.9 Å². The molecule has 1 aliphatic rings. The van der Waals surface area contributed by atoms with Crippen LogP contribution in [0.5, 0.6) is 0 Å². The zero-order chi connectivity index (χ0) is 35.3. The van der Waals surface area contributed by atoms with E-state index in [1.807, 2.05) is 30.3 Å². The van der Waals surface area contributed by atoms with Crippen molar-refractivity contribution in [2.75, 3.05) is 0 Å². The van der Waals surface area contributed by atoms with Gasteiger partial charge in [0.15, 0.2) is 11.7 Å². The molecule has 0 amide bonds. The molecule has 0 saturated heterocycles. The fraction of sp³-hybridized carbons (Fsp3) is 0.0625. The third kappa shape index (κ3) is 5.12. The third-order valence-corrected chi connectivity index (χ3v) is 10.6. The Labute approximate surface area is 306 Å². The van der Waals surface area contributed by atoms with Gasteiger partial charge in [-0.25, -0.2) is 15.0 Å². The molecule has 252 valence electrons. The van der Waals surface area contributed by atoms with Crippen molar-refractivity contribution in [1.82, 2.24) is 9.13 Å². The Hall–Kier alpha value is -6.85. The van der Waals surface area contributed by atoms with Gasteiger partial charge < -0.3 is 9.13 Å². The van der Waals surface area contributed by atoms with Gasteiger partial charge in [0, 0.05) is 32.8 Å². The molecule has 10 rings (SSSR count). The molecule has 0 atom stereocenters. The fourth-order valence-electron chi connectivity index (χ4n) is 8.16. The van der Waals surface area contributed by atoms with Crippen molar-refractivity contribution < 1.29 is 0 Å². The third-order valence-electron chi connectivity index (χ3n) is 10.6. The van der Waals surface area contributed by atoms with Crippen LogP contribution in [0.25, 0.3) is 70.8 Å². The molecule has 0 bridgehead atoms. The summed E-state index contributed by atoms with van der Waals surface area (Å²) in [6, 6.07) is 51.9. The lowest BCUT2D eigenvalue weighted by molar-refractivity contribution is 0.789. The molecule has 5 heteroatoms. The fourth-order valence-corrected chi connectivity index (χ4v) is 8.16. The summed E-state index contributed by atoms with van der Waals surface area (Å²) in [7, 11) is 0. The minimum Gasteiger partial charge on any atom is -0.320 e. The van der Waals surface area contributed by atoms with Crippen molar-refractivity contribution in [2.45, 2.75) is 19.5 Å². The van der Waals surface area contributed by atoms with Crippen LogP contribution in [0.3, 0.4) is 0 Å². The standard InChI is InChI=1S/C48H35N5/c1-49-47(33-16-5-2-6-17-33)51-48(34-18-7-3-8-19-34)50-31-52-40-27-28-42-46(45(40)39-29-35-20-11-12-21-36(35)30-43(39)52)44-38-24-14-13-15-32(38)25-26-41(44)53(42)37-22-9-4-10-23-37/h2-7,9-18,20-30H,1,8,19,31H2/b50-48-,51-47-. The number of allylic oxidation sites excluding steroid dienone is 3. The second kappa shape index (κ2) is 12.7. The van der Waals surface area contributed by atoms with Crippen molar-refractivity contribution in [3.05, 3.63) is 175 Å². The molecule has 7 aromatic carbocycles. The molecule has 0 spiro atoms. The first-order valence-electron chi connectivity index (χ1n) is 18.1. The maximum atomic E-state index is 5.33. The molecule has 0 saturated carbocycles. The summed E-state index contributed by atoms with van der Waals surface area (Å²) >= 11 is 0. The molecule has 0 fully saturated rings. The number of hydrogen-bond acceptors (Lipinski definition) is 1. The Morgan fingerprint density at radius 1 is 0.585 bits per heavy atom. The largest absolute Gasteiger partial charge is 0.320 e. The maximum Gasteiger partial charge on any atom is 0.160 e. The van der Waals surface area contributed by atoms with Crippen LogP contribution in [0, 0.1) is 0 Å². The minimum atomic E-state index is 0.390. The van der Waals surface area contributed by atoms with Crippen LogP contribution in [0.15, 0.2) is 184 Å². The molecule has 1 aliphatic carbocycles. The van der Waals surface area contributed by atoms with E-state index < -0.39 is 0 Å². The van der Waals surface area contributed by atoms with Gasteiger partial charge in [0.1, 0.15) is 6.67 Å². The number of benzene rings is 7. The van der Waals surface area contributed by atoms with Gasteiger partial charge in [0.25, 0.3) is 0 Å². The van der Waals surface area contributed by atoms with E-state index in [4.69, 9.17) is 9.98 Å². The maximum absolute atomic E-state index is 5.33. The van der Waals surface area contributed by atoms with Gasteiger partial charge in [-0.05, 0) is 89.1 Å². The number of rotatable bonds is 5. The Bertz CT molecular complexity index is 3030. The zero-order valence-electron chi connectivity index (χ0n) is 29.2. The monoisotopic (exact) mass is 681 g/mol. The van der Waals surface area contributed by atoms with E-state index in [0.717, 1.165) is 40.7 Å². The molecule has 53 heavy (non-hydrogen) atoms. The Morgan fingerprint density at radius 2 is 1.25 bits per heavy atom. The number of nitrogens with zero attached hydrogens (tertiary/aromatic N) is 5. The molecule has 9 aromatic rings. The van der Waals surface area contributed by atoms with Crippen molar-refractivity contribution in [1.29, 1.82) is 0 Å². The molecule has 0 N–H and O–H groups in total. The van der Waals surface area contributed by atoms with Gasteiger partial charge in [-0.15, -0.1) is 0 Å². The van der Waals surface area contributed by atoms with Gasteiger partial charge >= 0.3 is 0 Å². The lowest BCUT2D eigenvalue weighted by atomic mass is 9.99. The predicted molar refractivity (Wildman–Crippen MR) is 225 cm³/mol. The highest BCUT2D eigenvalue weighted by Gasteiger charge is 2.22. The summed E-state index contributed by atoms with van der Waals surface area (Å²) in [5.41, 5.74) is 7.80. The number of aliphatic imine (C=N–C) groups is 3. The van der Waals surface area contributed by atoms with E-state index in [9.17, 15) is 0 Å². The van der Waals surface area contributed by atoms with Crippen LogP contribution in [0.2, 0.25) is 0 Å². The van der Waals surface area contributed by atoms with Crippen LogP contribution in [-0.2, 0) is 6.67 Å². The van der Waals surface area contributed by atoms with Crippen LogP contribution in [-0.4, -0.2) is 27.5 Å². The molecular weight excluding hydrogens is 647 g/mol. The molecule has 0 unspecified atom stereocenters. The van der Waals surface area contributed by atoms with Gasteiger partial charge in [0.2, 0.25) is 0 Å². The van der Waals surface area contributed by atoms with Crippen molar-refractivity contribution in [3.63, 3.8) is 0 Å². The second-order valence-corrected chi connectivity index (χ2v) is 13.6. The molecule has 0 radical (unpaired) electrons. The van der Waals surface area contributed by atoms with Gasteiger partial charge in [0.05, 0.1) is 22.1 Å². The smallest absolute Gasteiger partial charge is 0.160 e. The first-order chi connectivity index (χ1) is 26.3. The highest BCUT2D eigenvalue weighted by atomic mass is 15.1. The molecular formula is C48H35N5. The van der Waals surface area contributed by atoms with E-state index in [2.05, 4.69) is 154 Å². The number of para-hydroxylation sites is 1. The Kier molecular flexibility index (Phi) is 7.43. The highest BCUT2D eigenvalue weighted by molar-refractivity contribution is 6.33. The van der Waals surface area contributed by atoms with Gasteiger partial charge in [-0.1, -0.05) is 121 Å². The van der Waals surface area contributed by atoms with E-state index in [-0.39, 0.29) is 0 Å².